The monoisotopic (exact) mass is 382 g/mol. The van der Waals surface area contributed by atoms with Gasteiger partial charge in [-0.1, -0.05) is 6.92 Å². The van der Waals surface area contributed by atoms with Crippen molar-refractivity contribution in [3.05, 3.63) is 14.7 Å². The largest absolute Gasteiger partial charge is 0.381 e. The molecule has 0 spiro atoms. The maximum Gasteiger partial charge on any atom is 0.242 e. The van der Waals surface area contributed by atoms with Gasteiger partial charge in [0.15, 0.2) is 0 Å². The first-order valence-corrected chi connectivity index (χ1v) is 9.68. The Hall–Kier alpha value is 0.01000. The van der Waals surface area contributed by atoms with E-state index in [0.717, 1.165) is 24.4 Å². The van der Waals surface area contributed by atoms with Gasteiger partial charge in [0.25, 0.3) is 0 Å². The summed E-state index contributed by atoms with van der Waals surface area (Å²) in [4.78, 5) is 1.33. The molecule has 0 radical (unpaired) electrons. The van der Waals surface area contributed by atoms with Crippen LogP contribution in [-0.4, -0.2) is 34.7 Å². The fourth-order valence-corrected chi connectivity index (χ4v) is 5.73. The molecule has 1 aliphatic rings. The van der Waals surface area contributed by atoms with Gasteiger partial charge in [0.2, 0.25) is 10.0 Å². The van der Waals surface area contributed by atoms with Crippen LogP contribution in [0.3, 0.4) is 0 Å². The number of ether oxygens (including phenoxy) is 1. The number of nitrogens with one attached hydrogen (secondary N) is 2. The van der Waals surface area contributed by atoms with Crippen LogP contribution in [0.5, 0.6) is 0 Å². The van der Waals surface area contributed by atoms with Gasteiger partial charge in [0, 0.05) is 24.6 Å². The Kier molecular flexibility index (Phi) is 6.00. The standard InChI is InChI=1S/C12H19BrN2O3S2/c1-2-14-7-10-5-11(12(13)19-10)20(16,17)15-6-9-3-4-18-8-9/h5,9,14-15H,2-4,6-8H2,1H3. The molecule has 2 N–H and O–H groups in total. The van der Waals surface area contributed by atoms with Crippen LogP contribution in [0.4, 0.5) is 0 Å². The lowest BCUT2D eigenvalue weighted by atomic mass is 10.1. The molecule has 1 saturated heterocycles. The van der Waals surface area contributed by atoms with Gasteiger partial charge in [-0.15, -0.1) is 11.3 Å². The van der Waals surface area contributed by atoms with Crippen molar-refractivity contribution in [1.82, 2.24) is 10.0 Å². The summed E-state index contributed by atoms with van der Waals surface area (Å²) in [7, 11) is -3.45. The molecular weight excluding hydrogens is 364 g/mol. The number of rotatable bonds is 7. The molecule has 1 aromatic heterocycles. The summed E-state index contributed by atoms with van der Waals surface area (Å²) >= 11 is 4.79. The summed E-state index contributed by atoms with van der Waals surface area (Å²) in [5.74, 6) is 0.281. The molecule has 1 atom stereocenters. The quantitative estimate of drug-likeness (QED) is 0.755. The van der Waals surface area contributed by atoms with Gasteiger partial charge in [-0.2, -0.15) is 0 Å². The second-order valence-corrected chi connectivity index (χ2v) is 8.90. The van der Waals surface area contributed by atoms with Crippen molar-refractivity contribution in [1.29, 1.82) is 0 Å². The van der Waals surface area contributed by atoms with Gasteiger partial charge in [0.05, 0.1) is 10.4 Å². The number of hydrogen-bond donors (Lipinski definition) is 2. The summed E-state index contributed by atoms with van der Waals surface area (Å²) in [6.07, 6.45) is 0.916. The normalized spacial score (nSPS) is 19.6. The zero-order chi connectivity index (χ0) is 14.6. The van der Waals surface area contributed by atoms with Gasteiger partial charge in [-0.05, 0) is 40.9 Å². The van der Waals surface area contributed by atoms with Crippen molar-refractivity contribution in [3.63, 3.8) is 0 Å². The Balaban J connectivity index is 2.02. The predicted molar refractivity (Wildman–Crippen MR) is 83.5 cm³/mol. The Morgan fingerprint density at radius 3 is 3.00 bits per heavy atom. The van der Waals surface area contributed by atoms with E-state index in [1.807, 2.05) is 6.92 Å². The highest BCUT2D eigenvalue weighted by Crippen LogP contribution is 2.31. The van der Waals surface area contributed by atoms with Crippen molar-refractivity contribution < 1.29 is 13.2 Å². The lowest BCUT2D eigenvalue weighted by molar-refractivity contribution is 0.186. The summed E-state index contributed by atoms with van der Waals surface area (Å²) in [6, 6.07) is 1.73. The van der Waals surface area contributed by atoms with Gasteiger partial charge >= 0.3 is 0 Å². The number of hydrogen-bond acceptors (Lipinski definition) is 5. The van der Waals surface area contributed by atoms with Crippen LogP contribution in [0.1, 0.15) is 18.2 Å². The molecule has 0 aliphatic carbocycles. The van der Waals surface area contributed by atoms with Crippen LogP contribution in [0.2, 0.25) is 0 Å². The van der Waals surface area contributed by atoms with E-state index in [1.165, 1.54) is 11.3 Å². The Bertz CT molecular complexity index is 539. The van der Waals surface area contributed by atoms with Gasteiger partial charge in [-0.3, -0.25) is 0 Å². The van der Waals surface area contributed by atoms with E-state index in [0.29, 0.717) is 28.4 Å². The summed E-state index contributed by atoms with van der Waals surface area (Å²) < 4.78 is 33.2. The SMILES string of the molecule is CCNCc1cc(S(=O)(=O)NCC2CCOC2)c(Br)s1. The molecule has 2 rings (SSSR count). The zero-order valence-corrected chi connectivity index (χ0v) is 14.5. The molecule has 20 heavy (non-hydrogen) atoms. The van der Waals surface area contributed by atoms with Gasteiger partial charge in [-0.25, -0.2) is 13.1 Å². The maximum atomic E-state index is 12.3. The molecule has 1 aliphatic heterocycles. The Labute approximate surface area is 132 Å². The average molecular weight is 383 g/mol. The molecule has 1 unspecified atom stereocenters. The number of halogens is 1. The van der Waals surface area contributed by atoms with Gasteiger partial charge < -0.3 is 10.1 Å². The summed E-state index contributed by atoms with van der Waals surface area (Å²) in [6.45, 7) is 5.36. The molecule has 5 nitrogen and oxygen atoms in total. The van der Waals surface area contributed by atoms with E-state index < -0.39 is 10.0 Å². The van der Waals surface area contributed by atoms with Crippen LogP contribution >= 0.6 is 27.3 Å². The molecular formula is C12H19BrN2O3S2. The molecule has 0 aromatic carbocycles. The Morgan fingerprint density at radius 2 is 2.35 bits per heavy atom. The fourth-order valence-electron chi connectivity index (χ4n) is 1.97. The first-order valence-electron chi connectivity index (χ1n) is 6.59. The number of thiophene rings is 1. The molecule has 2 heterocycles. The smallest absolute Gasteiger partial charge is 0.242 e. The van der Waals surface area contributed by atoms with E-state index in [2.05, 4.69) is 26.0 Å². The minimum Gasteiger partial charge on any atom is -0.381 e. The first kappa shape index (κ1) is 16.4. The number of sulfonamides is 1. The lowest BCUT2D eigenvalue weighted by Gasteiger charge is -2.09. The molecule has 8 heteroatoms. The third-order valence-corrected chi connectivity index (χ3v) is 6.81. The second-order valence-electron chi connectivity index (χ2n) is 4.71. The highest BCUT2D eigenvalue weighted by atomic mass is 79.9. The van der Waals surface area contributed by atoms with E-state index in [9.17, 15) is 8.42 Å². The fraction of sp³-hybridized carbons (Fsp3) is 0.667. The van der Waals surface area contributed by atoms with Crippen molar-refractivity contribution >= 4 is 37.3 Å². The first-order chi connectivity index (χ1) is 9.53. The van der Waals surface area contributed by atoms with E-state index in [-0.39, 0.29) is 5.92 Å². The molecule has 1 aromatic rings. The molecule has 0 saturated carbocycles. The van der Waals surface area contributed by atoms with Crippen molar-refractivity contribution in [2.75, 3.05) is 26.3 Å². The minimum atomic E-state index is -3.45. The third-order valence-electron chi connectivity index (χ3n) is 3.13. The minimum absolute atomic E-state index is 0.281. The van der Waals surface area contributed by atoms with Crippen molar-refractivity contribution in [3.8, 4) is 0 Å². The van der Waals surface area contributed by atoms with Crippen LogP contribution in [0, 0.1) is 5.92 Å². The van der Waals surface area contributed by atoms with Crippen molar-refractivity contribution in [2.45, 2.75) is 24.8 Å². The topological polar surface area (TPSA) is 67.4 Å². The van der Waals surface area contributed by atoms with Crippen molar-refractivity contribution in [2.24, 2.45) is 5.92 Å². The average Bonchev–Trinajstić information content (AvgIpc) is 3.03. The lowest BCUT2D eigenvalue weighted by Crippen LogP contribution is -2.29. The third kappa shape index (κ3) is 4.25. The highest BCUT2D eigenvalue weighted by Gasteiger charge is 2.23. The van der Waals surface area contributed by atoms with Gasteiger partial charge in [0.1, 0.15) is 4.90 Å². The molecule has 0 amide bonds. The molecule has 0 bridgehead atoms. The summed E-state index contributed by atoms with van der Waals surface area (Å²) in [5, 5.41) is 3.19. The van der Waals surface area contributed by atoms with Crippen LogP contribution in [0.15, 0.2) is 14.7 Å². The van der Waals surface area contributed by atoms with E-state index in [1.54, 1.807) is 6.07 Å². The Morgan fingerprint density at radius 1 is 1.55 bits per heavy atom. The van der Waals surface area contributed by atoms with E-state index >= 15 is 0 Å². The highest BCUT2D eigenvalue weighted by molar-refractivity contribution is 9.11. The van der Waals surface area contributed by atoms with E-state index in [4.69, 9.17) is 4.74 Å². The zero-order valence-electron chi connectivity index (χ0n) is 11.3. The summed E-state index contributed by atoms with van der Waals surface area (Å²) in [5.41, 5.74) is 0. The van der Waals surface area contributed by atoms with Crippen LogP contribution < -0.4 is 10.0 Å². The van der Waals surface area contributed by atoms with Crippen LogP contribution in [0.25, 0.3) is 0 Å². The maximum absolute atomic E-state index is 12.3. The molecule has 1 fully saturated rings. The van der Waals surface area contributed by atoms with Crippen LogP contribution in [-0.2, 0) is 21.3 Å². The second kappa shape index (κ2) is 7.33. The predicted octanol–water partition coefficient (Wildman–Crippen LogP) is 1.93. The molecule has 114 valence electrons.